The van der Waals surface area contributed by atoms with Crippen molar-refractivity contribution < 1.29 is 14.3 Å². The maximum Gasteiger partial charge on any atom is 0.410 e. The van der Waals surface area contributed by atoms with E-state index in [0.717, 1.165) is 11.4 Å². The van der Waals surface area contributed by atoms with E-state index in [0.29, 0.717) is 13.1 Å². The minimum Gasteiger partial charge on any atom is -0.497 e. The predicted octanol–water partition coefficient (Wildman–Crippen LogP) is 4.14. The van der Waals surface area contributed by atoms with Gasteiger partial charge in [0.1, 0.15) is 11.4 Å². The third-order valence-corrected chi connectivity index (χ3v) is 3.18. The van der Waals surface area contributed by atoms with Crippen molar-refractivity contribution in [1.82, 2.24) is 4.90 Å². The van der Waals surface area contributed by atoms with Gasteiger partial charge in [-0.25, -0.2) is 4.79 Å². The number of ether oxygens (including phenoxy) is 2. The normalized spacial score (nSPS) is 11.8. The number of hydrogen-bond acceptors (Lipinski definition) is 4. The van der Waals surface area contributed by atoms with E-state index < -0.39 is 5.60 Å². The first kappa shape index (κ1) is 19.1. The van der Waals surface area contributed by atoms with Gasteiger partial charge in [-0.05, 0) is 65.8 Å². The highest BCUT2D eigenvalue weighted by atomic mass is 16.6. The third-order valence-electron chi connectivity index (χ3n) is 3.18. The molecule has 1 rings (SSSR count). The van der Waals surface area contributed by atoms with Crippen LogP contribution in [0.2, 0.25) is 0 Å². The summed E-state index contributed by atoms with van der Waals surface area (Å²) in [5, 5.41) is 3.31. The van der Waals surface area contributed by atoms with E-state index in [9.17, 15) is 4.79 Å². The predicted molar refractivity (Wildman–Crippen MR) is 94.2 cm³/mol. The summed E-state index contributed by atoms with van der Waals surface area (Å²) in [5.74, 6) is 0.820. The van der Waals surface area contributed by atoms with Crippen LogP contribution < -0.4 is 10.1 Å². The lowest BCUT2D eigenvalue weighted by atomic mass is 10.1. The number of hydrogen-bond donors (Lipinski definition) is 1. The first-order chi connectivity index (χ1) is 10.5. The first-order valence-electron chi connectivity index (χ1n) is 7.91. The Balaban J connectivity index is 2.62. The largest absolute Gasteiger partial charge is 0.497 e. The zero-order chi connectivity index (χ0) is 17.7. The molecule has 0 atom stereocenters. The number of amides is 1. The van der Waals surface area contributed by atoms with Gasteiger partial charge < -0.3 is 19.7 Å². The second kappa shape index (κ2) is 7.57. The fraction of sp³-hybridized carbons (Fsp3) is 0.611. The molecule has 0 saturated heterocycles. The molecule has 5 nitrogen and oxygen atoms in total. The van der Waals surface area contributed by atoms with Crippen LogP contribution in [0.4, 0.5) is 10.5 Å². The molecule has 1 amide bonds. The molecule has 5 heteroatoms. The molecule has 1 aromatic rings. The lowest BCUT2D eigenvalue weighted by Gasteiger charge is -2.37. The van der Waals surface area contributed by atoms with Crippen LogP contribution in [0.1, 0.15) is 41.5 Å². The van der Waals surface area contributed by atoms with Gasteiger partial charge in [0.25, 0.3) is 0 Å². The van der Waals surface area contributed by atoms with E-state index in [1.54, 1.807) is 12.0 Å². The molecule has 0 aliphatic heterocycles. The van der Waals surface area contributed by atoms with Crippen LogP contribution in [-0.4, -0.2) is 42.3 Å². The Morgan fingerprint density at radius 3 is 2.09 bits per heavy atom. The zero-order valence-corrected chi connectivity index (χ0v) is 15.4. The van der Waals surface area contributed by atoms with Gasteiger partial charge in [0, 0.05) is 24.3 Å². The number of rotatable bonds is 5. The number of methoxy groups -OCH3 is 1. The number of anilines is 1. The van der Waals surface area contributed by atoms with Gasteiger partial charge in [-0.2, -0.15) is 0 Å². The van der Waals surface area contributed by atoms with Crippen LogP contribution in [0, 0.1) is 0 Å². The van der Waals surface area contributed by atoms with Gasteiger partial charge in [-0.3, -0.25) is 0 Å². The fourth-order valence-electron chi connectivity index (χ4n) is 2.04. The monoisotopic (exact) mass is 322 g/mol. The number of carbonyl (C=O) groups excluding carboxylic acids is 1. The molecule has 0 heterocycles. The Morgan fingerprint density at radius 1 is 1.09 bits per heavy atom. The molecule has 0 radical (unpaired) electrons. The summed E-state index contributed by atoms with van der Waals surface area (Å²) in [7, 11) is 1.64. The van der Waals surface area contributed by atoms with Crippen molar-refractivity contribution in [3.05, 3.63) is 24.3 Å². The molecule has 0 spiro atoms. The van der Waals surface area contributed by atoms with Crippen LogP contribution in [0.15, 0.2) is 24.3 Å². The van der Waals surface area contributed by atoms with Crippen molar-refractivity contribution in [2.45, 2.75) is 52.7 Å². The number of nitrogens with zero attached hydrogens (tertiary/aromatic N) is 1. The standard InChI is InChI=1S/C18H30N2O3/c1-17(2,3)20(16(21)23-18(4,5)6)13-12-19-14-8-10-15(22-7)11-9-14/h8-11,19H,12-13H2,1-7H3. The molecule has 0 unspecified atom stereocenters. The van der Waals surface area contributed by atoms with Gasteiger partial charge in [-0.15, -0.1) is 0 Å². The third kappa shape index (κ3) is 6.80. The van der Waals surface area contributed by atoms with E-state index in [1.165, 1.54) is 0 Å². The molecule has 1 N–H and O–H groups in total. The molecule has 0 fully saturated rings. The summed E-state index contributed by atoms with van der Waals surface area (Å²) in [6.07, 6.45) is -0.290. The first-order valence-corrected chi connectivity index (χ1v) is 7.91. The maximum absolute atomic E-state index is 12.4. The fourth-order valence-corrected chi connectivity index (χ4v) is 2.04. The van der Waals surface area contributed by atoms with Crippen LogP contribution in [-0.2, 0) is 4.74 Å². The SMILES string of the molecule is COc1ccc(NCCN(C(=O)OC(C)(C)C)C(C)(C)C)cc1. The quantitative estimate of drug-likeness (QED) is 0.885. The van der Waals surface area contributed by atoms with Crippen molar-refractivity contribution in [2.24, 2.45) is 0 Å². The molecule has 0 bridgehead atoms. The molecule has 0 saturated carbocycles. The molecule has 23 heavy (non-hydrogen) atoms. The van der Waals surface area contributed by atoms with Gasteiger partial charge in [0.05, 0.1) is 7.11 Å². The highest BCUT2D eigenvalue weighted by Gasteiger charge is 2.30. The summed E-state index contributed by atoms with van der Waals surface area (Å²) in [4.78, 5) is 14.1. The van der Waals surface area contributed by atoms with Crippen molar-refractivity contribution >= 4 is 11.8 Å². The molecular formula is C18H30N2O3. The second-order valence-corrected chi connectivity index (χ2v) is 7.46. The highest BCUT2D eigenvalue weighted by Crippen LogP contribution is 2.19. The van der Waals surface area contributed by atoms with Gasteiger partial charge in [-0.1, -0.05) is 0 Å². The molecule has 0 aromatic heterocycles. The number of carbonyl (C=O) groups is 1. The van der Waals surface area contributed by atoms with Crippen LogP contribution in [0.25, 0.3) is 0 Å². The molecule has 0 aliphatic rings. The Labute approximate surface area is 140 Å². The molecule has 0 aliphatic carbocycles. The van der Waals surface area contributed by atoms with Crippen molar-refractivity contribution in [1.29, 1.82) is 0 Å². The van der Waals surface area contributed by atoms with E-state index >= 15 is 0 Å². The minimum absolute atomic E-state index is 0.290. The second-order valence-electron chi connectivity index (χ2n) is 7.46. The lowest BCUT2D eigenvalue weighted by Crippen LogP contribution is -2.49. The van der Waals surface area contributed by atoms with E-state index in [4.69, 9.17) is 9.47 Å². The number of nitrogens with one attached hydrogen (secondary N) is 1. The summed E-state index contributed by atoms with van der Waals surface area (Å²) in [5.41, 5.74) is 0.192. The highest BCUT2D eigenvalue weighted by molar-refractivity contribution is 5.69. The summed E-state index contributed by atoms with van der Waals surface area (Å²) in [6.45, 7) is 12.8. The van der Waals surface area contributed by atoms with Gasteiger partial charge in [0.2, 0.25) is 0 Å². The smallest absolute Gasteiger partial charge is 0.410 e. The van der Waals surface area contributed by atoms with Gasteiger partial charge >= 0.3 is 6.09 Å². The average molecular weight is 322 g/mol. The number of benzene rings is 1. The van der Waals surface area contributed by atoms with Gasteiger partial charge in [0.15, 0.2) is 0 Å². The summed E-state index contributed by atoms with van der Waals surface area (Å²) in [6, 6.07) is 7.71. The van der Waals surface area contributed by atoms with Crippen LogP contribution in [0.5, 0.6) is 5.75 Å². The van der Waals surface area contributed by atoms with Crippen LogP contribution in [0.3, 0.4) is 0 Å². The van der Waals surface area contributed by atoms with Crippen molar-refractivity contribution in [3.8, 4) is 5.75 Å². The van der Waals surface area contributed by atoms with E-state index in [-0.39, 0.29) is 11.6 Å². The summed E-state index contributed by atoms with van der Waals surface area (Å²) < 4.78 is 10.6. The Kier molecular flexibility index (Phi) is 6.30. The Hall–Kier alpha value is -1.91. The Bertz CT molecular complexity index is 498. The van der Waals surface area contributed by atoms with E-state index in [2.05, 4.69) is 5.32 Å². The maximum atomic E-state index is 12.4. The van der Waals surface area contributed by atoms with E-state index in [1.807, 2.05) is 65.8 Å². The summed E-state index contributed by atoms with van der Waals surface area (Å²) >= 11 is 0. The topological polar surface area (TPSA) is 50.8 Å². The molecular weight excluding hydrogens is 292 g/mol. The minimum atomic E-state index is -0.496. The average Bonchev–Trinajstić information content (AvgIpc) is 2.40. The zero-order valence-electron chi connectivity index (χ0n) is 15.4. The Morgan fingerprint density at radius 2 is 1.65 bits per heavy atom. The van der Waals surface area contributed by atoms with Crippen LogP contribution >= 0.6 is 0 Å². The van der Waals surface area contributed by atoms with Crippen molar-refractivity contribution in [3.63, 3.8) is 0 Å². The lowest BCUT2D eigenvalue weighted by molar-refractivity contribution is 0.00749. The van der Waals surface area contributed by atoms with Crippen molar-refractivity contribution in [2.75, 3.05) is 25.5 Å². The molecule has 1 aromatic carbocycles. The molecule has 130 valence electrons.